The zero-order valence-corrected chi connectivity index (χ0v) is 13.5. The number of carbonyl (C=O) groups excluding carboxylic acids is 2. The lowest BCUT2D eigenvalue weighted by atomic mass is 9.73. The third-order valence-corrected chi connectivity index (χ3v) is 4.91. The Morgan fingerprint density at radius 2 is 1.88 bits per heavy atom. The number of halogens is 3. The number of fused-ring (bicyclic) bond motifs is 4. The van der Waals surface area contributed by atoms with Gasteiger partial charge in [0.15, 0.2) is 17.3 Å². The Morgan fingerprint density at radius 1 is 1.15 bits per heavy atom. The molecule has 1 aromatic carbocycles. The van der Waals surface area contributed by atoms with Gasteiger partial charge in [-0.1, -0.05) is 18.2 Å². The molecule has 3 aliphatic rings. The van der Waals surface area contributed by atoms with Crippen LogP contribution in [0, 0.1) is 0 Å². The highest BCUT2D eigenvalue weighted by atomic mass is 19.4. The summed E-state index contributed by atoms with van der Waals surface area (Å²) in [6, 6.07) is 3.46. The van der Waals surface area contributed by atoms with Crippen LogP contribution in [0.2, 0.25) is 0 Å². The smallest absolute Gasteiger partial charge is 0.454 e. The predicted molar refractivity (Wildman–Crippen MR) is 83.6 cm³/mol. The van der Waals surface area contributed by atoms with E-state index in [1.807, 2.05) is 0 Å². The first-order valence-corrected chi connectivity index (χ1v) is 8.01. The van der Waals surface area contributed by atoms with E-state index >= 15 is 0 Å². The van der Waals surface area contributed by atoms with E-state index < -0.39 is 17.5 Å². The van der Waals surface area contributed by atoms with Gasteiger partial charge < -0.3 is 14.4 Å². The van der Waals surface area contributed by atoms with Crippen LogP contribution in [-0.4, -0.2) is 36.1 Å². The summed E-state index contributed by atoms with van der Waals surface area (Å²) in [7, 11) is 0. The van der Waals surface area contributed by atoms with Gasteiger partial charge in [0.05, 0.1) is 6.54 Å². The number of nitrogens with zero attached hydrogens (tertiary/aromatic N) is 1. The van der Waals surface area contributed by atoms with Gasteiger partial charge in [-0.3, -0.25) is 9.59 Å². The summed E-state index contributed by atoms with van der Waals surface area (Å²) in [4.78, 5) is 24.2. The van der Waals surface area contributed by atoms with Crippen molar-refractivity contribution in [2.45, 2.75) is 24.6 Å². The fourth-order valence-corrected chi connectivity index (χ4v) is 3.62. The van der Waals surface area contributed by atoms with Crippen molar-refractivity contribution in [3.05, 3.63) is 47.6 Å². The third kappa shape index (κ3) is 2.56. The van der Waals surface area contributed by atoms with Gasteiger partial charge in [-0.05, 0) is 30.2 Å². The highest BCUT2D eigenvalue weighted by molar-refractivity contribution is 6.00. The summed E-state index contributed by atoms with van der Waals surface area (Å²) in [6.45, 7) is -0.376. The Labute approximate surface area is 146 Å². The number of ether oxygens (including phenoxy) is 2. The van der Waals surface area contributed by atoms with Gasteiger partial charge in [0.2, 0.25) is 6.79 Å². The standard InChI is InChI=1S/C18H14F3NO4/c19-18(20,21)16(24)22-8-7-17(5-3-11(23)4-6-17)13-1-2-14-15(12(13)9-22)26-10-25-14/h1-6H,7-10H2. The SMILES string of the molecule is O=C1C=CC2(C=C1)CCN(C(=O)C(F)(F)F)Cc1c2ccc2c1OCO2. The van der Waals surface area contributed by atoms with Crippen molar-refractivity contribution in [2.24, 2.45) is 0 Å². The molecule has 0 N–H and O–H groups in total. The molecule has 136 valence electrons. The average molecular weight is 365 g/mol. The molecule has 1 amide bonds. The van der Waals surface area contributed by atoms with Gasteiger partial charge in [0.1, 0.15) is 0 Å². The van der Waals surface area contributed by atoms with Crippen LogP contribution in [0.1, 0.15) is 17.5 Å². The first-order valence-electron chi connectivity index (χ1n) is 8.01. The minimum Gasteiger partial charge on any atom is -0.454 e. The zero-order valence-electron chi connectivity index (χ0n) is 13.5. The summed E-state index contributed by atoms with van der Waals surface area (Å²) in [5.41, 5.74) is 0.406. The van der Waals surface area contributed by atoms with Crippen LogP contribution in [-0.2, 0) is 21.5 Å². The number of hydrogen-bond acceptors (Lipinski definition) is 4. The first-order chi connectivity index (χ1) is 12.3. The van der Waals surface area contributed by atoms with Crippen LogP contribution in [0.5, 0.6) is 11.5 Å². The van der Waals surface area contributed by atoms with E-state index in [0.717, 1.165) is 4.90 Å². The molecule has 1 aliphatic carbocycles. The molecule has 8 heteroatoms. The summed E-state index contributed by atoms with van der Waals surface area (Å²) >= 11 is 0. The van der Waals surface area contributed by atoms with Gasteiger partial charge in [-0.2, -0.15) is 13.2 Å². The Morgan fingerprint density at radius 3 is 2.58 bits per heavy atom. The Bertz CT molecular complexity index is 841. The molecule has 0 bridgehead atoms. The van der Waals surface area contributed by atoms with Crippen LogP contribution in [0.15, 0.2) is 36.4 Å². The molecule has 5 nitrogen and oxygen atoms in total. The first kappa shape index (κ1) is 16.7. The number of carbonyl (C=O) groups is 2. The maximum absolute atomic E-state index is 13.0. The second kappa shape index (κ2) is 5.62. The van der Waals surface area contributed by atoms with Crippen molar-refractivity contribution >= 4 is 11.7 Å². The molecule has 1 spiro atoms. The fourth-order valence-electron chi connectivity index (χ4n) is 3.62. The predicted octanol–water partition coefficient (Wildman–Crippen LogP) is 2.64. The maximum Gasteiger partial charge on any atom is 0.471 e. The normalized spacial score (nSPS) is 20.3. The van der Waals surface area contributed by atoms with Crippen LogP contribution >= 0.6 is 0 Å². The molecule has 4 rings (SSSR count). The molecule has 0 radical (unpaired) electrons. The number of amides is 1. The van der Waals surface area contributed by atoms with Crippen LogP contribution < -0.4 is 9.47 Å². The average Bonchev–Trinajstić information content (AvgIpc) is 3.02. The molecule has 1 aromatic rings. The number of alkyl halides is 3. The molecule has 0 aromatic heterocycles. The third-order valence-electron chi connectivity index (χ3n) is 4.91. The monoisotopic (exact) mass is 365 g/mol. The number of rotatable bonds is 0. The molecule has 0 unspecified atom stereocenters. The topological polar surface area (TPSA) is 55.8 Å². The molecular weight excluding hydrogens is 351 g/mol. The lowest BCUT2D eigenvalue weighted by Gasteiger charge is -2.30. The summed E-state index contributed by atoms with van der Waals surface area (Å²) in [5.74, 6) is -1.30. The van der Waals surface area contributed by atoms with Crippen molar-refractivity contribution < 1.29 is 32.2 Å². The highest BCUT2D eigenvalue weighted by Gasteiger charge is 2.46. The van der Waals surface area contributed by atoms with Crippen molar-refractivity contribution in [1.29, 1.82) is 0 Å². The van der Waals surface area contributed by atoms with E-state index in [2.05, 4.69) is 0 Å². The van der Waals surface area contributed by atoms with Gasteiger partial charge >= 0.3 is 12.1 Å². The van der Waals surface area contributed by atoms with Crippen LogP contribution in [0.3, 0.4) is 0 Å². The molecule has 0 fully saturated rings. The lowest BCUT2D eigenvalue weighted by molar-refractivity contribution is -0.186. The van der Waals surface area contributed by atoms with E-state index in [-0.39, 0.29) is 32.1 Å². The fraction of sp³-hybridized carbons (Fsp3) is 0.333. The van der Waals surface area contributed by atoms with E-state index in [1.54, 1.807) is 24.3 Å². The Hall–Kier alpha value is -2.77. The number of ketones is 1. The number of hydrogen-bond donors (Lipinski definition) is 0. The quantitative estimate of drug-likeness (QED) is 0.709. The lowest BCUT2D eigenvalue weighted by Crippen LogP contribution is -2.41. The van der Waals surface area contributed by atoms with E-state index in [9.17, 15) is 22.8 Å². The van der Waals surface area contributed by atoms with Crippen molar-refractivity contribution in [3.63, 3.8) is 0 Å². The van der Waals surface area contributed by atoms with Gasteiger partial charge in [0.25, 0.3) is 0 Å². The summed E-state index contributed by atoms with van der Waals surface area (Å²) in [6.07, 6.45) is 1.42. The molecule has 0 saturated heterocycles. The van der Waals surface area contributed by atoms with Crippen LogP contribution in [0.4, 0.5) is 13.2 Å². The van der Waals surface area contributed by atoms with E-state index in [0.29, 0.717) is 22.6 Å². The Kier molecular flexibility index (Phi) is 3.61. The largest absolute Gasteiger partial charge is 0.471 e. The van der Waals surface area contributed by atoms with Gasteiger partial charge in [0, 0.05) is 17.5 Å². The number of allylic oxidation sites excluding steroid dienone is 4. The van der Waals surface area contributed by atoms with Gasteiger partial charge in [-0.25, -0.2) is 0 Å². The van der Waals surface area contributed by atoms with E-state index in [4.69, 9.17) is 9.47 Å². The molecule has 26 heavy (non-hydrogen) atoms. The van der Waals surface area contributed by atoms with E-state index in [1.165, 1.54) is 12.2 Å². The van der Waals surface area contributed by atoms with Crippen molar-refractivity contribution in [3.8, 4) is 11.5 Å². The summed E-state index contributed by atoms with van der Waals surface area (Å²) < 4.78 is 49.7. The van der Waals surface area contributed by atoms with Crippen molar-refractivity contribution in [2.75, 3.05) is 13.3 Å². The molecule has 0 saturated carbocycles. The molecule has 0 atom stereocenters. The summed E-state index contributed by atoms with van der Waals surface area (Å²) in [5, 5.41) is 0. The molecule has 2 aliphatic heterocycles. The van der Waals surface area contributed by atoms with Crippen LogP contribution in [0.25, 0.3) is 0 Å². The van der Waals surface area contributed by atoms with Crippen molar-refractivity contribution in [1.82, 2.24) is 4.90 Å². The molecule has 2 heterocycles. The molecular formula is C18H14F3NO4. The minimum absolute atomic E-state index is 0.0316. The zero-order chi connectivity index (χ0) is 18.5. The maximum atomic E-state index is 13.0. The number of benzene rings is 1. The van der Waals surface area contributed by atoms with Gasteiger partial charge in [-0.15, -0.1) is 0 Å². The second-order valence-corrected chi connectivity index (χ2v) is 6.41. The highest BCUT2D eigenvalue weighted by Crippen LogP contribution is 2.47. The second-order valence-electron chi connectivity index (χ2n) is 6.41. The minimum atomic E-state index is -4.96. The Balaban J connectivity index is 1.85.